The van der Waals surface area contributed by atoms with Crippen LogP contribution in [0, 0.1) is 17.8 Å². The van der Waals surface area contributed by atoms with Crippen molar-refractivity contribution in [3.8, 4) is 0 Å². The molecule has 2 rings (SSSR count). The zero-order valence-corrected chi connectivity index (χ0v) is 7.77. The minimum absolute atomic E-state index is 0.0194. The van der Waals surface area contributed by atoms with Gasteiger partial charge in [-0.1, -0.05) is 12.2 Å². The highest BCUT2D eigenvalue weighted by molar-refractivity contribution is 5.75. The number of fused-ring (bicyclic) bond motifs is 2. The molecule has 0 aromatic carbocycles. The molecule has 2 N–H and O–H groups in total. The Morgan fingerprint density at radius 1 is 1.54 bits per heavy atom. The first kappa shape index (κ1) is 8.75. The molecule has 0 aliphatic heterocycles. The lowest BCUT2D eigenvalue weighted by molar-refractivity contribution is -0.149. The molecular weight excluding hydrogens is 166 g/mol. The molecule has 4 atom stereocenters. The summed E-state index contributed by atoms with van der Waals surface area (Å²) in [5.74, 6) is 0.528. The SMILES string of the molecule is CCOC(=O)[C@H]1[C@@H](N)[C@H]2C=C[C@@H]1C2. The molecule has 0 aromatic heterocycles. The maximum atomic E-state index is 11.5. The highest BCUT2D eigenvalue weighted by Crippen LogP contribution is 2.43. The number of rotatable bonds is 2. The number of ether oxygens (including phenoxy) is 1. The lowest BCUT2D eigenvalue weighted by Gasteiger charge is -2.22. The molecule has 0 amide bonds. The molecule has 0 aromatic rings. The van der Waals surface area contributed by atoms with Gasteiger partial charge in [-0.2, -0.15) is 0 Å². The molecule has 0 saturated heterocycles. The Kier molecular flexibility index (Phi) is 2.12. The van der Waals surface area contributed by atoms with Crippen molar-refractivity contribution in [2.45, 2.75) is 19.4 Å². The fourth-order valence-corrected chi connectivity index (χ4v) is 2.43. The van der Waals surface area contributed by atoms with Gasteiger partial charge >= 0.3 is 5.97 Å². The summed E-state index contributed by atoms with van der Waals surface area (Å²) in [4.78, 5) is 11.5. The standard InChI is InChI=1S/C10H15NO2/c1-2-13-10(12)8-6-3-4-7(5-6)9(8)11/h3-4,6-9H,2,5,11H2,1H3/t6-,7+,8-,9+/m1/s1. The maximum absolute atomic E-state index is 11.5. The van der Waals surface area contributed by atoms with Crippen molar-refractivity contribution in [1.29, 1.82) is 0 Å². The van der Waals surface area contributed by atoms with Gasteiger partial charge in [-0.3, -0.25) is 4.79 Å². The number of allylic oxidation sites excluding steroid dienone is 1. The van der Waals surface area contributed by atoms with Crippen molar-refractivity contribution in [3.05, 3.63) is 12.2 Å². The van der Waals surface area contributed by atoms with E-state index in [0.717, 1.165) is 6.42 Å². The number of hydrogen-bond donors (Lipinski definition) is 1. The monoisotopic (exact) mass is 181 g/mol. The van der Waals surface area contributed by atoms with E-state index in [9.17, 15) is 4.79 Å². The Balaban J connectivity index is 2.08. The number of hydrogen-bond acceptors (Lipinski definition) is 3. The van der Waals surface area contributed by atoms with Crippen LogP contribution in [0.5, 0.6) is 0 Å². The van der Waals surface area contributed by atoms with Gasteiger partial charge in [0.25, 0.3) is 0 Å². The zero-order chi connectivity index (χ0) is 9.42. The van der Waals surface area contributed by atoms with E-state index in [0.29, 0.717) is 18.4 Å². The molecule has 2 aliphatic carbocycles. The molecule has 3 heteroatoms. The quantitative estimate of drug-likeness (QED) is 0.504. The van der Waals surface area contributed by atoms with Crippen LogP contribution in [0.2, 0.25) is 0 Å². The molecule has 0 heterocycles. The average molecular weight is 181 g/mol. The smallest absolute Gasteiger partial charge is 0.311 e. The third-order valence-electron chi connectivity index (χ3n) is 3.08. The fraction of sp³-hybridized carbons (Fsp3) is 0.700. The molecule has 1 saturated carbocycles. The van der Waals surface area contributed by atoms with Crippen LogP contribution in [0.1, 0.15) is 13.3 Å². The topological polar surface area (TPSA) is 52.3 Å². The summed E-state index contributed by atoms with van der Waals surface area (Å²) >= 11 is 0. The van der Waals surface area contributed by atoms with Crippen LogP contribution < -0.4 is 5.73 Å². The van der Waals surface area contributed by atoms with Crippen LogP contribution in [0.4, 0.5) is 0 Å². The highest BCUT2D eigenvalue weighted by Gasteiger charge is 2.46. The van der Waals surface area contributed by atoms with Gasteiger partial charge in [-0.25, -0.2) is 0 Å². The fourth-order valence-electron chi connectivity index (χ4n) is 2.43. The van der Waals surface area contributed by atoms with Crippen molar-refractivity contribution >= 4 is 5.97 Å². The van der Waals surface area contributed by atoms with E-state index in [4.69, 9.17) is 10.5 Å². The van der Waals surface area contributed by atoms with Crippen molar-refractivity contribution < 1.29 is 9.53 Å². The third-order valence-corrected chi connectivity index (χ3v) is 3.08. The van der Waals surface area contributed by atoms with Gasteiger partial charge in [0.2, 0.25) is 0 Å². The molecule has 2 bridgehead atoms. The zero-order valence-electron chi connectivity index (χ0n) is 7.77. The summed E-state index contributed by atoms with van der Waals surface area (Å²) in [6.07, 6.45) is 5.27. The lowest BCUT2D eigenvalue weighted by Crippen LogP contribution is -2.39. The second-order valence-corrected chi connectivity index (χ2v) is 3.80. The van der Waals surface area contributed by atoms with Crippen molar-refractivity contribution in [2.24, 2.45) is 23.5 Å². The molecule has 13 heavy (non-hydrogen) atoms. The van der Waals surface area contributed by atoms with Gasteiger partial charge in [0, 0.05) is 6.04 Å². The minimum Gasteiger partial charge on any atom is -0.466 e. The lowest BCUT2D eigenvalue weighted by atomic mass is 9.90. The summed E-state index contributed by atoms with van der Waals surface area (Å²) in [6.45, 7) is 2.27. The van der Waals surface area contributed by atoms with E-state index < -0.39 is 0 Å². The van der Waals surface area contributed by atoms with Gasteiger partial charge < -0.3 is 10.5 Å². The van der Waals surface area contributed by atoms with E-state index in [1.54, 1.807) is 0 Å². The number of nitrogens with two attached hydrogens (primary N) is 1. The van der Waals surface area contributed by atoms with Gasteiger partial charge in [0.05, 0.1) is 12.5 Å². The normalized spacial score (nSPS) is 41.1. The Hall–Kier alpha value is -0.830. The molecule has 0 spiro atoms. The second-order valence-electron chi connectivity index (χ2n) is 3.80. The van der Waals surface area contributed by atoms with E-state index in [1.807, 2.05) is 6.92 Å². The summed E-state index contributed by atoms with van der Waals surface area (Å²) in [5, 5.41) is 0. The molecule has 0 radical (unpaired) electrons. The van der Waals surface area contributed by atoms with E-state index in [2.05, 4.69) is 12.2 Å². The number of carbonyl (C=O) groups excluding carboxylic acids is 1. The second kappa shape index (κ2) is 3.14. The van der Waals surface area contributed by atoms with Crippen LogP contribution in [0.15, 0.2) is 12.2 Å². The van der Waals surface area contributed by atoms with Crippen LogP contribution in [0.3, 0.4) is 0 Å². The first-order valence-corrected chi connectivity index (χ1v) is 4.84. The molecule has 2 aliphatic rings. The Morgan fingerprint density at radius 2 is 2.23 bits per heavy atom. The highest BCUT2D eigenvalue weighted by atomic mass is 16.5. The van der Waals surface area contributed by atoms with Crippen LogP contribution in [-0.4, -0.2) is 18.6 Å². The van der Waals surface area contributed by atoms with E-state index in [-0.39, 0.29) is 17.9 Å². The first-order valence-electron chi connectivity index (χ1n) is 4.84. The Bertz CT molecular complexity index is 249. The summed E-state index contributed by atoms with van der Waals surface area (Å²) in [6, 6.07) is -0.0194. The van der Waals surface area contributed by atoms with Crippen LogP contribution >= 0.6 is 0 Å². The van der Waals surface area contributed by atoms with Crippen molar-refractivity contribution in [1.82, 2.24) is 0 Å². The minimum atomic E-state index is -0.119. The predicted octanol–water partition coefficient (Wildman–Crippen LogP) is 0.699. The Morgan fingerprint density at radius 3 is 2.77 bits per heavy atom. The largest absolute Gasteiger partial charge is 0.466 e. The number of carbonyl (C=O) groups is 1. The predicted molar refractivity (Wildman–Crippen MR) is 48.8 cm³/mol. The Labute approximate surface area is 77.9 Å². The van der Waals surface area contributed by atoms with E-state index >= 15 is 0 Å². The third kappa shape index (κ3) is 1.27. The summed E-state index contributed by atoms with van der Waals surface area (Å²) in [7, 11) is 0. The molecule has 1 fully saturated rings. The maximum Gasteiger partial charge on any atom is 0.311 e. The number of esters is 1. The molecule has 72 valence electrons. The van der Waals surface area contributed by atoms with Crippen LogP contribution in [0.25, 0.3) is 0 Å². The van der Waals surface area contributed by atoms with Gasteiger partial charge in [0.1, 0.15) is 0 Å². The van der Waals surface area contributed by atoms with Crippen molar-refractivity contribution in [2.75, 3.05) is 6.61 Å². The molecular formula is C10H15NO2. The molecule has 0 unspecified atom stereocenters. The van der Waals surface area contributed by atoms with Gasteiger partial charge in [-0.05, 0) is 25.2 Å². The first-order chi connectivity index (χ1) is 6.24. The summed E-state index contributed by atoms with van der Waals surface area (Å²) in [5.41, 5.74) is 5.94. The van der Waals surface area contributed by atoms with Gasteiger partial charge in [-0.15, -0.1) is 0 Å². The van der Waals surface area contributed by atoms with E-state index in [1.165, 1.54) is 0 Å². The van der Waals surface area contributed by atoms with Crippen LogP contribution in [-0.2, 0) is 9.53 Å². The summed E-state index contributed by atoms with van der Waals surface area (Å²) < 4.78 is 5.00. The van der Waals surface area contributed by atoms with Crippen molar-refractivity contribution in [3.63, 3.8) is 0 Å². The van der Waals surface area contributed by atoms with Gasteiger partial charge in [0.15, 0.2) is 0 Å². The average Bonchev–Trinajstić information content (AvgIpc) is 2.63. The molecule has 3 nitrogen and oxygen atoms in total.